The van der Waals surface area contributed by atoms with Crippen molar-refractivity contribution in [2.75, 3.05) is 0 Å². The van der Waals surface area contributed by atoms with Gasteiger partial charge < -0.3 is 20.9 Å². The summed E-state index contributed by atoms with van der Waals surface area (Å²) in [5, 5.41) is 0. The van der Waals surface area contributed by atoms with Crippen molar-refractivity contribution in [2.45, 2.75) is 53.2 Å². The van der Waals surface area contributed by atoms with Crippen molar-refractivity contribution in [3.05, 3.63) is 90.0 Å². The smallest absolute Gasteiger partial charge is 0.405 e. The fourth-order valence-corrected chi connectivity index (χ4v) is 2.80. The first kappa shape index (κ1) is 28.2. The normalized spacial score (nSPS) is 10.0. The van der Waals surface area contributed by atoms with Gasteiger partial charge in [-0.15, -0.1) is 0 Å². The molecule has 0 fully saturated rings. The van der Waals surface area contributed by atoms with Crippen molar-refractivity contribution in [3.63, 3.8) is 0 Å². The van der Waals surface area contributed by atoms with Crippen LogP contribution in [0, 0.1) is 0 Å². The van der Waals surface area contributed by atoms with Crippen LogP contribution in [0.1, 0.15) is 45.7 Å². The second-order valence-electron chi connectivity index (χ2n) is 8.17. The van der Waals surface area contributed by atoms with Crippen molar-refractivity contribution in [2.24, 2.45) is 11.5 Å². The van der Waals surface area contributed by atoms with Crippen LogP contribution in [0.15, 0.2) is 78.9 Å². The van der Waals surface area contributed by atoms with E-state index in [0.29, 0.717) is 6.61 Å². The zero-order valence-electron chi connectivity index (χ0n) is 20.7. The maximum atomic E-state index is 10.9. The number of ether oxygens (including phenoxy) is 2. The number of primary amides is 2. The molecule has 2 amide bonds. The van der Waals surface area contributed by atoms with Crippen LogP contribution in [0.3, 0.4) is 0 Å². The molecule has 6 nitrogen and oxygen atoms in total. The van der Waals surface area contributed by atoms with Gasteiger partial charge in [-0.05, 0) is 55.2 Å². The van der Waals surface area contributed by atoms with Gasteiger partial charge in [0.25, 0.3) is 0 Å². The highest BCUT2D eigenvalue weighted by atomic mass is 16.6. The number of hydrogen-bond donors (Lipinski definition) is 2. The lowest BCUT2D eigenvalue weighted by molar-refractivity contribution is -0.117. The van der Waals surface area contributed by atoms with Crippen molar-refractivity contribution in [1.82, 2.24) is 0 Å². The van der Waals surface area contributed by atoms with E-state index in [0.717, 1.165) is 16.9 Å². The largest absolute Gasteiger partial charge is 0.489 e. The topological polar surface area (TPSA) is 105 Å². The third-order valence-corrected chi connectivity index (χ3v) is 4.18. The molecule has 6 heteroatoms. The van der Waals surface area contributed by atoms with E-state index in [2.05, 4.69) is 41.1 Å². The van der Waals surface area contributed by atoms with Crippen LogP contribution in [0.4, 0.5) is 4.79 Å². The Morgan fingerprint density at radius 2 is 1.24 bits per heavy atom. The summed E-state index contributed by atoms with van der Waals surface area (Å²) in [7, 11) is 0. The molecular formula is C28H36N2O4. The first-order valence-electron chi connectivity index (χ1n) is 11.3. The van der Waals surface area contributed by atoms with Gasteiger partial charge in [-0.3, -0.25) is 4.79 Å². The molecule has 0 aliphatic rings. The van der Waals surface area contributed by atoms with Gasteiger partial charge in [0.05, 0.1) is 6.42 Å². The second kappa shape index (κ2) is 14.4. The predicted molar refractivity (Wildman–Crippen MR) is 137 cm³/mol. The van der Waals surface area contributed by atoms with E-state index in [1.54, 1.807) is 20.8 Å². The molecule has 0 aliphatic carbocycles. The standard InChI is InChI=1S/C21H19NO2.C5H11NO2.C2H6/c22-21(23)14-16-8-12-20(13-9-16)24-15-17-6-10-19(11-7-17)18-4-2-1-3-5-18;1-5(2,3)8-4(6)7;1-2/h1-13H,14-15H2,(H2,22,23);1-3H3,(H2,6,7);1-2H3. The average Bonchev–Trinajstić information content (AvgIpc) is 2.79. The molecule has 0 saturated heterocycles. The summed E-state index contributed by atoms with van der Waals surface area (Å²) < 4.78 is 10.4. The predicted octanol–water partition coefficient (Wildman–Crippen LogP) is 5.87. The van der Waals surface area contributed by atoms with Gasteiger partial charge in [-0.1, -0.05) is 80.6 Å². The molecule has 3 aromatic rings. The number of carbonyl (C=O) groups excluding carboxylic acids is 2. The number of hydrogen-bond acceptors (Lipinski definition) is 4. The van der Waals surface area contributed by atoms with Crippen LogP contribution in [0.2, 0.25) is 0 Å². The zero-order chi connectivity index (χ0) is 25.6. The number of rotatable bonds is 6. The third kappa shape index (κ3) is 11.7. The number of nitrogens with two attached hydrogens (primary N) is 2. The molecule has 0 aromatic heterocycles. The molecule has 0 heterocycles. The molecule has 0 aliphatic heterocycles. The molecule has 0 saturated carbocycles. The Bertz CT molecular complexity index is 993. The van der Waals surface area contributed by atoms with Gasteiger partial charge in [0.1, 0.15) is 18.0 Å². The van der Waals surface area contributed by atoms with Crippen molar-refractivity contribution < 1.29 is 19.1 Å². The van der Waals surface area contributed by atoms with Gasteiger partial charge in [0.2, 0.25) is 5.91 Å². The molecule has 3 rings (SSSR count). The first-order chi connectivity index (χ1) is 16.1. The Kier molecular flexibility index (Phi) is 11.9. The Balaban J connectivity index is 0.000000493. The molecule has 34 heavy (non-hydrogen) atoms. The SMILES string of the molecule is CC.CC(C)(C)OC(N)=O.NC(=O)Cc1ccc(OCc2ccc(-c3ccccc3)cc2)cc1. The summed E-state index contributed by atoms with van der Waals surface area (Å²) in [4.78, 5) is 20.9. The lowest BCUT2D eigenvalue weighted by Gasteiger charge is -2.16. The number of carbonyl (C=O) groups is 2. The van der Waals surface area contributed by atoms with Crippen LogP contribution >= 0.6 is 0 Å². The first-order valence-corrected chi connectivity index (χ1v) is 11.3. The molecule has 0 bridgehead atoms. The number of amides is 2. The van der Waals surface area contributed by atoms with Crippen LogP contribution in [0.25, 0.3) is 11.1 Å². The van der Waals surface area contributed by atoms with Gasteiger partial charge in [-0.25, -0.2) is 4.79 Å². The lowest BCUT2D eigenvalue weighted by Crippen LogP contribution is -2.27. The van der Waals surface area contributed by atoms with Crippen LogP contribution < -0.4 is 16.2 Å². The zero-order valence-corrected chi connectivity index (χ0v) is 20.7. The molecule has 3 aromatic carbocycles. The van der Waals surface area contributed by atoms with E-state index in [-0.39, 0.29) is 12.3 Å². The summed E-state index contributed by atoms with van der Waals surface area (Å²) in [5.74, 6) is 0.442. The van der Waals surface area contributed by atoms with E-state index < -0.39 is 11.7 Å². The van der Waals surface area contributed by atoms with Gasteiger partial charge in [-0.2, -0.15) is 0 Å². The van der Waals surface area contributed by atoms with Crippen molar-refractivity contribution in [3.8, 4) is 16.9 Å². The molecule has 0 radical (unpaired) electrons. The van der Waals surface area contributed by atoms with E-state index in [4.69, 9.17) is 16.2 Å². The summed E-state index contributed by atoms with van der Waals surface area (Å²) in [6.45, 7) is 9.79. The fourth-order valence-electron chi connectivity index (χ4n) is 2.80. The molecule has 4 N–H and O–H groups in total. The minimum Gasteiger partial charge on any atom is -0.489 e. The molecule has 0 spiro atoms. The summed E-state index contributed by atoms with van der Waals surface area (Å²) in [6.07, 6.45) is -0.473. The average molecular weight is 465 g/mol. The van der Waals surface area contributed by atoms with E-state index in [1.165, 1.54) is 11.1 Å². The minimum atomic E-state index is -0.725. The van der Waals surface area contributed by atoms with Gasteiger partial charge >= 0.3 is 6.09 Å². The Hall–Kier alpha value is -3.80. The van der Waals surface area contributed by atoms with E-state index >= 15 is 0 Å². The number of benzene rings is 3. The lowest BCUT2D eigenvalue weighted by atomic mass is 10.0. The Labute approximate surface area is 202 Å². The highest BCUT2D eigenvalue weighted by Crippen LogP contribution is 2.20. The third-order valence-electron chi connectivity index (χ3n) is 4.18. The van der Waals surface area contributed by atoms with Crippen molar-refractivity contribution in [1.29, 1.82) is 0 Å². The second-order valence-corrected chi connectivity index (χ2v) is 8.17. The van der Waals surface area contributed by atoms with Gasteiger partial charge in [0, 0.05) is 0 Å². The minimum absolute atomic E-state index is 0.251. The molecule has 0 unspecified atom stereocenters. The summed E-state index contributed by atoms with van der Waals surface area (Å²) in [6, 6.07) is 26.1. The van der Waals surface area contributed by atoms with E-state index in [1.807, 2.05) is 56.3 Å². The summed E-state index contributed by atoms with van der Waals surface area (Å²) in [5.41, 5.74) is 13.8. The highest BCUT2D eigenvalue weighted by Gasteiger charge is 2.12. The van der Waals surface area contributed by atoms with Crippen LogP contribution in [-0.4, -0.2) is 17.6 Å². The van der Waals surface area contributed by atoms with E-state index in [9.17, 15) is 9.59 Å². The Morgan fingerprint density at radius 1 is 0.735 bits per heavy atom. The Morgan fingerprint density at radius 3 is 1.68 bits per heavy atom. The highest BCUT2D eigenvalue weighted by molar-refractivity contribution is 5.76. The monoisotopic (exact) mass is 464 g/mol. The molecular weight excluding hydrogens is 428 g/mol. The fraction of sp³-hybridized carbons (Fsp3) is 0.286. The molecule has 0 atom stereocenters. The summed E-state index contributed by atoms with van der Waals surface area (Å²) >= 11 is 0. The van der Waals surface area contributed by atoms with Gasteiger partial charge in [0.15, 0.2) is 0 Å². The molecule has 182 valence electrons. The quantitative estimate of drug-likeness (QED) is 0.476. The van der Waals surface area contributed by atoms with Crippen LogP contribution in [-0.2, 0) is 22.6 Å². The van der Waals surface area contributed by atoms with Crippen LogP contribution in [0.5, 0.6) is 5.75 Å². The maximum absolute atomic E-state index is 10.9. The van der Waals surface area contributed by atoms with Crippen molar-refractivity contribution >= 4 is 12.0 Å². The maximum Gasteiger partial charge on any atom is 0.405 e.